The van der Waals surface area contributed by atoms with Gasteiger partial charge < -0.3 is 4.98 Å². The number of imidazole rings is 1. The topological polar surface area (TPSA) is 44.5 Å². The molecule has 3 rings (SSSR count). The maximum Gasteiger partial charge on any atom is 0.184 e. The number of halogens is 3. The fourth-order valence-corrected chi connectivity index (χ4v) is 2.68. The van der Waals surface area contributed by atoms with Gasteiger partial charge in [0.25, 0.3) is 0 Å². The van der Waals surface area contributed by atoms with Crippen LogP contribution in [0, 0.1) is 27.7 Å². The number of aromatic amines is 1. The lowest BCUT2D eigenvalue weighted by atomic mass is 10.2. The van der Waals surface area contributed by atoms with Gasteiger partial charge >= 0.3 is 0 Å². The number of fused-ring (bicyclic) bond motifs is 1. The zero-order valence-corrected chi connectivity index (χ0v) is 11.9. The molecule has 0 fully saturated rings. The molecule has 0 amide bonds. The van der Waals surface area contributed by atoms with Crippen LogP contribution in [-0.2, 0) is 0 Å². The Labute approximate surface area is 128 Å². The van der Waals surface area contributed by atoms with Crippen molar-refractivity contribution in [3.63, 3.8) is 0 Å². The Morgan fingerprint density at radius 1 is 1.24 bits per heavy atom. The Morgan fingerprint density at radius 3 is 2.67 bits per heavy atom. The number of hydrogen-bond donors (Lipinski definition) is 1. The molecule has 1 aromatic heterocycles. The minimum atomic E-state index is -1.01. The Kier molecular flexibility index (Phi) is 3.24. The van der Waals surface area contributed by atoms with E-state index in [4.69, 9.17) is 29.1 Å². The highest BCUT2D eigenvalue weighted by Crippen LogP contribution is 2.28. The molecule has 3 nitrogen and oxygen atoms in total. The molecule has 0 spiro atoms. The number of nitrogens with zero attached hydrogens (tertiary/aromatic N) is 2. The summed E-state index contributed by atoms with van der Waals surface area (Å²) in [6, 6.07) is 8.87. The van der Waals surface area contributed by atoms with Crippen LogP contribution >= 0.6 is 23.8 Å². The molecule has 0 saturated carbocycles. The quantitative estimate of drug-likeness (QED) is 0.671. The molecule has 0 unspecified atom stereocenters. The van der Waals surface area contributed by atoms with Crippen molar-refractivity contribution in [3.8, 4) is 11.8 Å². The molecule has 1 N–H and O–H groups in total. The number of H-pyrrole nitrogens is 1. The van der Waals surface area contributed by atoms with E-state index in [2.05, 4.69) is 4.98 Å². The Hall–Kier alpha value is -2.23. The van der Waals surface area contributed by atoms with Gasteiger partial charge in [-0.2, -0.15) is 5.26 Å². The summed E-state index contributed by atoms with van der Waals surface area (Å²) < 4.78 is 29.0. The molecule has 0 aliphatic rings. The van der Waals surface area contributed by atoms with E-state index in [0.717, 1.165) is 6.07 Å². The molecular weight excluding hydrogens is 316 g/mol. The molecule has 2 aromatic carbocycles. The average Bonchev–Trinajstić information content (AvgIpc) is 2.80. The van der Waals surface area contributed by atoms with E-state index in [1.807, 2.05) is 6.07 Å². The van der Waals surface area contributed by atoms with Gasteiger partial charge in [0.2, 0.25) is 0 Å². The monoisotopic (exact) mass is 321 g/mol. The van der Waals surface area contributed by atoms with Crippen molar-refractivity contribution < 1.29 is 8.78 Å². The molecule has 0 radical (unpaired) electrons. The van der Waals surface area contributed by atoms with Crippen molar-refractivity contribution in [1.29, 1.82) is 5.26 Å². The van der Waals surface area contributed by atoms with E-state index < -0.39 is 11.6 Å². The van der Waals surface area contributed by atoms with Crippen LogP contribution in [0.5, 0.6) is 0 Å². The minimum Gasteiger partial charge on any atom is -0.330 e. The highest BCUT2D eigenvalue weighted by molar-refractivity contribution is 7.71. The lowest BCUT2D eigenvalue weighted by Gasteiger charge is -2.08. The third-order valence-corrected chi connectivity index (χ3v) is 3.64. The third-order valence-electron chi connectivity index (χ3n) is 3.06. The predicted molar refractivity (Wildman–Crippen MR) is 78.1 cm³/mol. The fraction of sp³-hybridized carbons (Fsp3) is 0. The molecule has 0 atom stereocenters. The standard InChI is InChI=1S/C14H6ClF2N3S/c15-8-5-7(6-18)1-4-11(8)20-13-10(19-14(20)21)3-2-9(16)12(13)17/h1-5H,(H,19,21). The summed E-state index contributed by atoms with van der Waals surface area (Å²) in [5.41, 5.74) is 1.07. The van der Waals surface area contributed by atoms with Crippen LogP contribution in [-0.4, -0.2) is 9.55 Å². The van der Waals surface area contributed by atoms with Gasteiger partial charge in [0.1, 0.15) is 5.52 Å². The summed E-state index contributed by atoms with van der Waals surface area (Å²) in [6.07, 6.45) is 0. The molecule has 0 saturated heterocycles. The van der Waals surface area contributed by atoms with E-state index in [9.17, 15) is 8.78 Å². The minimum absolute atomic E-state index is 0.0217. The number of nitriles is 1. The van der Waals surface area contributed by atoms with Crippen molar-refractivity contribution in [2.75, 3.05) is 0 Å². The summed E-state index contributed by atoms with van der Waals surface area (Å²) in [5.74, 6) is -1.99. The first-order chi connectivity index (χ1) is 10.0. The summed E-state index contributed by atoms with van der Waals surface area (Å²) in [4.78, 5) is 2.80. The van der Waals surface area contributed by atoms with Crippen molar-refractivity contribution in [2.45, 2.75) is 0 Å². The molecule has 3 aromatic rings. The summed E-state index contributed by atoms with van der Waals surface area (Å²) >= 11 is 11.3. The molecule has 104 valence electrons. The molecule has 21 heavy (non-hydrogen) atoms. The van der Waals surface area contributed by atoms with Crippen LogP contribution in [0.2, 0.25) is 5.02 Å². The zero-order chi connectivity index (χ0) is 15.1. The van der Waals surface area contributed by atoms with Gasteiger partial charge in [-0.3, -0.25) is 4.57 Å². The highest BCUT2D eigenvalue weighted by Gasteiger charge is 2.16. The zero-order valence-electron chi connectivity index (χ0n) is 10.3. The first-order valence-corrected chi connectivity index (χ1v) is 6.60. The Balaban J connectivity index is 2.41. The second-order valence-corrected chi connectivity index (χ2v) is 5.09. The molecule has 1 heterocycles. The Bertz CT molecular complexity index is 969. The van der Waals surface area contributed by atoms with Crippen LogP contribution < -0.4 is 0 Å². The number of hydrogen-bond acceptors (Lipinski definition) is 2. The lowest BCUT2D eigenvalue weighted by Crippen LogP contribution is -1.98. The van der Waals surface area contributed by atoms with Gasteiger partial charge in [-0.1, -0.05) is 11.6 Å². The summed E-state index contributed by atoms with van der Waals surface area (Å²) in [5, 5.41) is 9.06. The summed E-state index contributed by atoms with van der Waals surface area (Å²) in [7, 11) is 0. The second-order valence-electron chi connectivity index (χ2n) is 4.30. The van der Waals surface area contributed by atoms with Crippen LogP contribution in [0.25, 0.3) is 16.7 Å². The van der Waals surface area contributed by atoms with E-state index in [0.29, 0.717) is 16.8 Å². The van der Waals surface area contributed by atoms with Crippen molar-refractivity contribution in [3.05, 3.63) is 57.3 Å². The number of rotatable bonds is 1. The maximum atomic E-state index is 14.1. The van der Waals surface area contributed by atoms with Crippen molar-refractivity contribution in [2.24, 2.45) is 0 Å². The van der Waals surface area contributed by atoms with Crippen molar-refractivity contribution >= 4 is 34.9 Å². The van der Waals surface area contributed by atoms with E-state index in [1.165, 1.54) is 28.8 Å². The summed E-state index contributed by atoms with van der Waals surface area (Å²) in [6.45, 7) is 0. The van der Waals surface area contributed by atoms with Crippen LogP contribution in [0.3, 0.4) is 0 Å². The number of nitrogens with one attached hydrogen (secondary N) is 1. The molecule has 7 heteroatoms. The van der Waals surface area contributed by atoms with E-state index in [-0.39, 0.29) is 15.3 Å². The van der Waals surface area contributed by atoms with E-state index >= 15 is 0 Å². The number of aromatic nitrogens is 2. The molecule has 0 aliphatic heterocycles. The SMILES string of the molecule is N#Cc1ccc(-n2c(=S)[nH]c3ccc(F)c(F)c32)c(Cl)c1. The highest BCUT2D eigenvalue weighted by atomic mass is 35.5. The molecular formula is C14H6ClF2N3S. The molecule has 0 aliphatic carbocycles. The largest absolute Gasteiger partial charge is 0.330 e. The van der Waals surface area contributed by atoms with Gasteiger partial charge in [0.05, 0.1) is 27.9 Å². The number of benzene rings is 2. The van der Waals surface area contributed by atoms with Crippen LogP contribution in [0.4, 0.5) is 8.78 Å². The van der Waals surface area contributed by atoms with Crippen LogP contribution in [0.1, 0.15) is 5.56 Å². The van der Waals surface area contributed by atoms with E-state index in [1.54, 1.807) is 0 Å². The van der Waals surface area contributed by atoms with Gasteiger partial charge in [-0.25, -0.2) is 8.78 Å². The average molecular weight is 322 g/mol. The third kappa shape index (κ3) is 2.11. The second kappa shape index (κ2) is 4.95. The van der Waals surface area contributed by atoms with Gasteiger partial charge in [0.15, 0.2) is 16.4 Å². The molecule has 0 bridgehead atoms. The normalized spacial score (nSPS) is 10.8. The van der Waals surface area contributed by atoms with Gasteiger partial charge in [-0.05, 0) is 42.5 Å². The van der Waals surface area contributed by atoms with Gasteiger partial charge in [-0.15, -0.1) is 0 Å². The van der Waals surface area contributed by atoms with Crippen molar-refractivity contribution in [1.82, 2.24) is 9.55 Å². The van der Waals surface area contributed by atoms with Crippen LogP contribution in [0.15, 0.2) is 30.3 Å². The maximum absolute atomic E-state index is 14.1. The first kappa shape index (κ1) is 13.7. The smallest absolute Gasteiger partial charge is 0.184 e. The van der Waals surface area contributed by atoms with Gasteiger partial charge in [0, 0.05) is 0 Å². The Morgan fingerprint density at radius 2 is 2.00 bits per heavy atom. The fourth-order valence-electron chi connectivity index (χ4n) is 2.12. The first-order valence-electron chi connectivity index (χ1n) is 5.81. The lowest BCUT2D eigenvalue weighted by molar-refractivity contribution is 0.514. The predicted octanol–water partition coefficient (Wildman–Crippen LogP) is 4.49.